The predicted octanol–water partition coefficient (Wildman–Crippen LogP) is 4.59. The maximum absolute atomic E-state index is 11.0. The Hall–Kier alpha value is -1.97. The standard InChI is InChI=1S/C20H30N2O2/c1-3-4-5-6-7-8-13-24-18-9-10-20-19(14-18)17(15-22-20)11-12-21-16(2)23/h9-10,14-15,22H,3-8,11-13H2,1-2H3,(H,21,23). The Kier molecular flexibility index (Phi) is 7.66. The van der Waals surface area contributed by atoms with Crippen LogP contribution in [-0.2, 0) is 11.2 Å². The summed E-state index contributed by atoms with van der Waals surface area (Å²) in [5.41, 5.74) is 2.32. The van der Waals surface area contributed by atoms with Gasteiger partial charge in [0.15, 0.2) is 0 Å². The fourth-order valence-electron chi connectivity index (χ4n) is 2.90. The highest BCUT2D eigenvalue weighted by molar-refractivity contribution is 5.84. The Labute approximate surface area is 145 Å². The largest absolute Gasteiger partial charge is 0.494 e. The van der Waals surface area contributed by atoms with Gasteiger partial charge in [0.05, 0.1) is 6.61 Å². The summed E-state index contributed by atoms with van der Waals surface area (Å²) in [6.45, 7) is 5.22. The third-order valence-corrected chi connectivity index (χ3v) is 4.27. The number of rotatable bonds is 11. The topological polar surface area (TPSA) is 54.1 Å². The molecule has 0 radical (unpaired) electrons. The molecule has 0 aliphatic rings. The molecule has 2 N–H and O–H groups in total. The number of hydrogen-bond acceptors (Lipinski definition) is 2. The fourth-order valence-corrected chi connectivity index (χ4v) is 2.90. The number of benzene rings is 1. The van der Waals surface area contributed by atoms with Crippen LogP contribution in [0.1, 0.15) is 57.9 Å². The summed E-state index contributed by atoms with van der Waals surface area (Å²) in [6.07, 6.45) is 10.5. The summed E-state index contributed by atoms with van der Waals surface area (Å²) in [4.78, 5) is 14.3. The first-order valence-corrected chi connectivity index (χ1v) is 9.18. The van der Waals surface area contributed by atoms with E-state index in [2.05, 4.69) is 29.4 Å². The molecule has 132 valence electrons. The van der Waals surface area contributed by atoms with Gasteiger partial charge in [-0.25, -0.2) is 0 Å². The van der Waals surface area contributed by atoms with Crippen LogP contribution < -0.4 is 10.1 Å². The van der Waals surface area contributed by atoms with Gasteiger partial charge in [0.2, 0.25) is 5.91 Å². The van der Waals surface area contributed by atoms with Crippen molar-refractivity contribution in [2.45, 2.75) is 58.8 Å². The number of nitrogens with one attached hydrogen (secondary N) is 2. The van der Waals surface area contributed by atoms with Gasteiger partial charge in [-0.15, -0.1) is 0 Å². The number of H-pyrrole nitrogens is 1. The van der Waals surface area contributed by atoms with Crippen molar-refractivity contribution in [1.82, 2.24) is 10.3 Å². The van der Waals surface area contributed by atoms with Gasteiger partial charge in [0, 0.05) is 30.6 Å². The molecule has 0 spiro atoms. The molecule has 0 bridgehead atoms. The van der Waals surface area contributed by atoms with Crippen molar-refractivity contribution in [1.29, 1.82) is 0 Å². The lowest BCUT2D eigenvalue weighted by molar-refractivity contribution is -0.118. The number of fused-ring (bicyclic) bond motifs is 1. The summed E-state index contributed by atoms with van der Waals surface area (Å²) in [5, 5.41) is 4.02. The maximum atomic E-state index is 11.0. The van der Waals surface area contributed by atoms with Crippen LogP contribution in [0.15, 0.2) is 24.4 Å². The van der Waals surface area contributed by atoms with Gasteiger partial charge in [0.1, 0.15) is 5.75 Å². The summed E-state index contributed by atoms with van der Waals surface area (Å²) >= 11 is 0. The van der Waals surface area contributed by atoms with Crippen LogP contribution in [0.25, 0.3) is 10.9 Å². The third kappa shape index (κ3) is 5.91. The summed E-state index contributed by atoms with van der Waals surface area (Å²) in [5.74, 6) is 0.939. The average molecular weight is 330 g/mol. The Morgan fingerprint density at radius 1 is 1.17 bits per heavy atom. The van der Waals surface area contributed by atoms with E-state index in [-0.39, 0.29) is 5.91 Å². The van der Waals surface area contributed by atoms with Crippen LogP contribution in [-0.4, -0.2) is 24.0 Å². The van der Waals surface area contributed by atoms with Crippen molar-refractivity contribution in [3.63, 3.8) is 0 Å². The molecule has 4 heteroatoms. The van der Waals surface area contributed by atoms with Gasteiger partial charge >= 0.3 is 0 Å². The molecule has 2 rings (SSSR count). The number of carbonyl (C=O) groups excluding carboxylic acids is 1. The van der Waals surface area contributed by atoms with Gasteiger partial charge in [0.25, 0.3) is 0 Å². The molecule has 1 aromatic carbocycles. The quantitative estimate of drug-likeness (QED) is 0.592. The zero-order valence-corrected chi connectivity index (χ0v) is 15.0. The van der Waals surface area contributed by atoms with E-state index in [1.54, 1.807) is 6.92 Å². The summed E-state index contributed by atoms with van der Waals surface area (Å²) in [7, 11) is 0. The van der Waals surface area contributed by atoms with Crippen LogP contribution in [0.3, 0.4) is 0 Å². The monoisotopic (exact) mass is 330 g/mol. The molecular weight excluding hydrogens is 300 g/mol. The van der Waals surface area contributed by atoms with Gasteiger partial charge in [-0.3, -0.25) is 4.79 Å². The highest BCUT2D eigenvalue weighted by atomic mass is 16.5. The Bertz CT molecular complexity index is 634. The van der Waals surface area contributed by atoms with Crippen molar-refractivity contribution < 1.29 is 9.53 Å². The second kappa shape index (κ2) is 10.0. The minimum absolute atomic E-state index is 0.0119. The van der Waals surface area contributed by atoms with Crippen molar-refractivity contribution >= 4 is 16.8 Å². The number of hydrogen-bond donors (Lipinski definition) is 2. The zero-order valence-electron chi connectivity index (χ0n) is 15.0. The molecule has 0 fully saturated rings. The predicted molar refractivity (Wildman–Crippen MR) is 99.6 cm³/mol. The van der Waals surface area contributed by atoms with E-state index in [0.717, 1.165) is 30.7 Å². The number of aromatic nitrogens is 1. The third-order valence-electron chi connectivity index (χ3n) is 4.27. The second-order valence-electron chi connectivity index (χ2n) is 6.37. The fraction of sp³-hybridized carbons (Fsp3) is 0.550. The van der Waals surface area contributed by atoms with E-state index >= 15 is 0 Å². The molecule has 0 aliphatic carbocycles. The minimum Gasteiger partial charge on any atom is -0.494 e. The van der Waals surface area contributed by atoms with Crippen LogP contribution in [0.4, 0.5) is 0 Å². The number of aromatic amines is 1. The van der Waals surface area contributed by atoms with Gasteiger partial charge < -0.3 is 15.0 Å². The molecule has 1 aromatic heterocycles. The summed E-state index contributed by atoms with van der Waals surface area (Å²) < 4.78 is 5.90. The van der Waals surface area contributed by atoms with Crippen LogP contribution >= 0.6 is 0 Å². The van der Waals surface area contributed by atoms with Crippen molar-refractivity contribution in [2.75, 3.05) is 13.2 Å². The first kappa shape index (κ1) is 18.4. The van der Waals surface area contributed by atoms with Gasteiger partial charge in [-0.2, -0.15) is 0 Å². The maximum Gasteiger partial charge on any atom is 0.216 e. The number of unbranched alkanes of at least 4 members (excludes halogenated alkanes) is 5. The Morgan fingerprint density at radius 2 is 1.96 bits per heavy atom. The number of ether oxygens (including phenoxy) is 1. The van der Waals surface area contributed by atoms with E-state index in [9.17, 15) is 4.79 Å². The molecule has 1 heterocycles. The van der Waals surface area contributed by atoms with Crippen LogP contribution in [0.2, 0.25) is 0 Å². The van der Waals surface area contributed by atoms with Crippen molar-refractivity contribution in [3.05, 3.63) is 30.0 Å². The molecule has 0 aliphatic heterocycles. The first-order valence-electron chi connectivity index (χ1n) is 9.18. The minimum atomic E-state index is 0.0119. The molecular formula is C20H30N2O2. The molecule has 0 saturated carbocycles. The molecule has 4 nitrogen and oxygen atoms in total. The SMILES string of the molecule is CCCCCCCCOc1ccc2[nH]cc(CCNC(C)=O)c2c1. The molecule has 2 aromatic rings. The molecule has 0 atom stereocenters. The number of amides is 1. The zero-order chi connectivity index (χ0) is 17.2. The molecule has 1 amide bonds. The van der Waals surface area contributed by atoms with Gasteiger partial charge in [-0.05, 0) is 36.6 Å². The highest BCUT2D eigenvalue weighted by Gasteiger charge is 2.06. The Balaban J connectivity index is 1.82. The van der Waals surface area contributed by atoms with Gasteiger partial charge in [-0.1, -0.05) is 39.0 Å². The normalized spacial score (nSPS) is 10.9. The lowest BCUT2D eigenvalue weighted by Gasteiger charge is -2.07. The summed E-state index contributed by atoms with van der Waals surface area (Å²) in [6, 6.07) is 6.19. The van der Waals surface area contributed by atoms with E-state index in [0.29, 0.717) is 6.54 Å². The lowest BCUT2D eigenvalue weighted by atomic mass is 10.1. The van der Waals surface area contributed by atoms with E-state index < -0.39 is 0 Å². The van der Waals surface area contributed by atoms with E-state index in [1.165, 1.54) is 43.1 Å². The average Bonchev–Trinajstić information content (AvgIpc) is 2.96. The van der Waals surface area contributed by atoms with Crippen molar-refractivity contribution in [2.24, 2.45) is 0 Å². The molecule has 0 saturated heterocycles. The highest BCUT2D eigenvalue weighted by Crippen LogP contribution is 2.24. The molecule has 0 unspecified atom stereocenters. The van der Waals surface area contributed by atoms with E-state index in [1.807, 2.05) is 12.3 Å². The Morgan fingerprint density at radius 3 is 2.75 bits per heavy atom. The van der Waals surface area contributed by atoms with Crippen LogP contribution in [0, 0.1) is 0 Å². The molecule has 24 heavy (non-hydrogen) atoms. The lowest BCUT2D eigenvalue weighted by Crippen LogP contribution is -2.22. The second-order valence-corrected chi connectivity index (χ2v) is 6.37. The number of carbonyl (C=O) groups is 1. The smallest absolute Gasteiger partial charge is 0.216 e. The van der Waals surface area contributed by atoms with Crippen LogP contribution in [0.5, 0.6) is 5.75 Å². The van der Waals surface area contributed by atoms with Crippen molar-refractivity contribution in [3.8, 4) is 5.75 Å². The first-order chi connectivity index (χ1) is 11.7. The van der Waals surface area contributed by atoms with E-state index in [4.69, 9.17) is 4.74 Å².